The lowest BCUT2D eigenvalue weighted by Gasteiger charge is -2.31. The molecule has 1 saturated heterocycles. The first-order chi connectivity index (χ1) is 10.0. The fraction of sp³-hybridized carbons (Fsp3) is 0.500. The van der Waals surface area contributed by atoms with Gasteiger partial charge in [-0.25, -0.2) is 0 Å². The van der Waals surface area contributed by atoms with E-state index < -0.39 is 0 Å². The van der Waals surface area contributed by atoms with Gasteiger partial charge in [0.05, 0.1) is 12.5 Å². The Morgan fingerprint density at radius 3 is 2.57 bits per heavy atom. The Kier molecular flexibility index (Phi) is 4.83. The van der Waals surface area contributed by atoms with E-state index in [9.17, 15) is 14.7 Å². The highest BCUT2D eigenvalue weighted by molar-refractivity contribution is 5.94. The van der Waals surface area contributed by atoms with Crippen LogP contribution in [0.15, 0.2) is 18.2 Å². The van der Waals surface area contributed by atoms with Gasteiger partial charge in [-0.2, -0.15) is 0 Å². The molecule has 2 rings (SSSR count). The van der Waals surface area contributed by atoms with Crippen LogP contribution in [0, 0.1) is 12.8 Å². The molecule has 0 spiro atoms. The molecule has 0 atom stereocenters. The predicted molar refractivity (Wildman–Crippen MR) is 78.1 cm³/mol. The number of carbonyl (C=O) groups excluding carboxylic acids is 2. The van der Waals surface area contributed by atoms with E-state index in [1.165, 1.54) is 6.07 Å². The van der Waals surface area contributed by atoms with Crippen molar-refractivity contribution in [3.05, 3.63) is 29.3 Å². The number of hydrogen-bond donors (Lipinski definition) is 1. The maximum Gasteiger partial charge on any atom is 0.309 e. The highest BCUT2D eigenvalue weighted by Crippen LogP contribution is 2.22. The molecule has 21 heavy (non-hydrogen) atoms. The molecule has 1 amide bonds. The number of amides is 1. The number of esters is 1. The minimum absolute atomic E-state index is 0.0552. The highest BCUT2D eigenvalue weighted by Gasteiger charge is 2.28. The maximum atomic E-state index is 12.4. The van der Waals surface area contributed by atoms with E-state index in [0.29, 0.717) is 43.7 Å². The molecule has 1 aromatic rings. The maximum absolute atomic E-state index is 12.4. The van der Waals surface area contributed by atoms with Crippen LogP contribution in [-0.4, -0.2) is 41.6 Å². The third-order valence-electron chi connectivity index (χ3n) is 3.85. The Morgan fingerprint density at radius 2 is 2.00 bits per heavy atom. The number of aromatic hydroxyl groups is 1. The molecule has 1 heterocycles. The lowest BCUT2D eigenvalue weighted by Crippen LogP contribution is -2.40. The number of carbonyl (C=O) groups is 2. The van der Waals surface area contributed by atoms with Gasteiger partial charge >= 0.3 is 5.97 Å². The molecule has 0 unspecified atom stereocenters. The van der Waals surface area contributed by atoms with E-state index in [2.05, 4.69) is 0 Å². The van der Waals surface area contributed by atoms with Gasteiger partial charge in [0.15, 0.2) is 0 Å². The molecule has 5 nitrogen and oxygen atoms in total. The van der Waals surface area contributed by atoms with Crippen LogP contribution >= 0.6 is 0 Å². The monoisotopic (exact) mass is 291 g/mol. The van der Waals surface area contributed by atoms with E-state index in [1.54, 1.807) is 30.9 Å². The number of likely N-dealkylation sites (tertiary alicyclic amines) is 1. The molecule has 1 N–H and O–H groups in total. The van der Waals surface area contributed by atoms with Crippen molar-refractivity contribution in [2.75, 3.05) is 19.7 Å². The number of hydrogen-bond acceptors (Lipinski definition) is 4. The van der Waals surface area contributed by atoms with E-state index in [1.807, 2.05) is 0 Å². The number of rotatable bonds is 3. The third kappa shape index (κ3) is 3.54. The van der Waals surface area contributed by atoms with Crippen LogP contribution in [0.3, 0.4) is 0 Å². The van der Waals surface area contributed by atoms with Gasteiger partial charge in [0.2, 0.25) is 0 Å². The molecule has 0 saturated carbocycles. The Bertz CT molecular complexity index is 533. The van der Waals surface area contributed by atoms with Gasteiger partial charge in [-0.15, -0.1) is 0 Å². The van der Waals surface area contributed by atoms with Crippen molar-refractivity contribution < 1.29 is 19.4 Å². The van der Waals surface area contributed by atoms with Gasteiger partial charge in [-0.1, -0.05) is 0 Å². The topological polar surface area (TPSA) is 66.8 Å². The number of piperidine rings is 1. The zero-order chi connectivity index (χ0) is 15.4. The van der Waals surface area contributed by atoms with Crippen LogP contribution in [0.4, 0.5) is 0 Å². The van der Waals surface area contributed by atoms with Crippen molar-refractivity contribution in [2.45, 2.75) is 26.7 Å². The highest BCUT2D eigenvalue weighted by atomic mass is 16.5. The summed E-state index contributed by atoms with van der Waals surface area (Å²) >= 11 is 0. The number of ether oxygens (including phenoxy) is 1. The zero-order valence-electron chi connectivity index (χ0n) is 12.5. The lowest BCUT2D eigenvalue weighted by molar-refractivity contribution is -0.149. The van der Waals surface area contributed by atoms with Gasteiger partial charge in [0, 0.05) is 18.7 Å². The predicted octanol–water partition coefficient (Wildman–Crippen LogP) is 2.12. The van der Waals surface area contributed by atoms with Crippen molar-refractivity contribution in [1.82, 2.24) is 4.90 Å². The molecular weight excluding hydrogens is 270 g/mol. The molecule has 1 fully saturated rings. The summed E-state index contributed by atoms with van der Waals surface area (Å²) in [6, 6.07) is 4.85. The van der Waals surface area contributed by atoms with E-state index in [4.69, 9.17) is 4.74 Å². The van der Waals surface area contributed by atoms with E-state index in [0.717, 1.165) is 0 Å². The molecular formula is C16H21NO4. The molecule has 0 aromatic heterocycles. The largest absolute Gasteiger partial charge is 0.508 e. The van der Waals surface area contributed by atoms with Gasteiger partial charge in [-0.05, 0) is 50.5 Å². The fourth-order valence-corrected chi connectivity index (χ4v) is 2.55. The second-order valence-electron chi connectivity index (χ2n) is 5.32. The first-order valence-corrected chi connectivity index (χ1v) is 7.28. The van der Waals surface area contributed by atoms with Crippen LogP contribution in [0.25, 0.3) is 0 Å². The Hall–Kier alpha value is -2.04. The first kappa shape index (κ1) is 15.4. The van der Waals surface area contributed by atoms with Gasteiger partial charge < -0.3 is 14.7 Å². The first-order valence-electron chi connectivity index (χ1n) is 7.28. The quantitative estimate of drug-likeness (QED) is 0.866. The normalized spacial score (nSPS) is 15.8. The summed E-state index contributed by atoms with van der Waals surface area (Å²) in [6.07, 6.45) is 1.28. The summed E-state index contributed by atoms with van der Waals surface area (Å²) in [7, 11) is 0. The molecule has 1 aliphatic rings. The van der Waals surface area contributed by atoms with Crippen LogP contribution in [0.1, 0.15) is 35.7 Å². The van der Waals surface area contributed by atoms with Crippen molar-refractivity contribution in [2.24, 2.45) is 5.92 Å². The average molecular weight is 291 g/mol. The summed E-state index contributed by atoms with van der Waals surface area (Å²) in [4.78, 5) is 25.8. The zero-order valence-corrected chi connectivity index (χ0v) is 12.5. The van der Waals surface area contributed by atoms with Crippen molar-refractivity contribution in [3.8, 4) is 5.75 Å². The number of phenolic OH excluding ortho intramolecular Hbond substituents is 1. The minimum atomic E-state index is -0.162. The smallest absolute Gasteiger partial charge is 0.309 e. The van der Waals surface area contributed by atoms with Gasteiger partial charge in [0.1, 0.15) is 5.75 Å². The average Bonchev–Trinajstić information content (AvgIpc) is 2.50. The second-order valence-corrected chi connectivity index (χ2v) is 5.32. The number of benzene rings is 1. The molecule has 0 aliphatic carbocycles. The van der Waals surface area contributed by atoms with Gasteiger partial charge in [-0.3, -0.25) is 9.59 Å². The van der Waals surface area contributed by atoms with Gasteiger partial charge in [0.25, 0.3) is 5.91 Å². The Balaban J connectivity index is 1.97. The Labute approximate surface area is 124 Å². The van der Waals surface area contributed by atoms with Crippen LogP contribution in [-0.2, 0) is 9.53 Å². The molecule has 5 heteroatoms. The van der Waals surface area contributed by atoms with Crippen molar-refractivity contribution in [1.29, 1.82) is 0 Å². The lowest BCUT2D eigenvalue weighted by atomic mass is 9.96. The molecule has 1 aromatic carbocycles. The summed E-state index contributed by atoms with van der Waals surface area (Å²) in [6.45, 7) is 5.07. The van der Waals surface area contributed by atoms with E-state index in [-0.39, 0.29) is 23.5 Å². The molecule has 114 valence electrons. The summed E-state index contributed by atoms with van der Waals surface area (Å²) in [5.74, 6) is -0.131. The summed E-state index contributed by atoms with van der Waals surface area (Å²) < 4.78 is 5.02. The van der Waals surface area contributed by atoms with Crippen molar-refractivity contribution >= 4 is 11.9 Å². The van der Waals surface area contributed by atoms with Crippen LogP contribution in [0.2, 0.25) is 0 Å². The molecule has 1 aliphatic heterocycles. The number of aryl methyl sites for hydroxylation is 1. The van der Waals surface area contributed by atoms with E-state index >= 15 is 0 Å². The fourth-order valence-electron chi connectivity index (χ4n) is 2.55. The Morgan fingerprint density at radius 1 is 1.33 bits per heavy atom. The summed E-state index contributed by atoms with van der Waals surface area (Å²) in [5.41, 5.74) is 1.25. The SMILES string of the molecule is CCOC(=O)C1CCN(C(=O)c2ccc(O)c(C)c2)CC1. The third-order valence-corrected chi connectivity index (χ3v) is 3.85. The summed E-state index contributed by atoms with van der Waals surface area (Å²) in [5, 5.41) is 9.51. The number of nitrogens with zero attached hydrogens (tertiary/aromatic N) is 1. The van der Waals surface area contributed by atoms with Crippen molar-refractivity contribution in [3.63, 3.8) is 0 Å². The van der Waals surface area contributed by atoms with Crippen LogP contribution in [0.5, 0.6) is 5.75 Å². The molecule has 0 bridgehead atoms. The minimum Gasteiger partial charge on any atom is -0.508 e. The number of phenols is 1. The molecule has 0 radical (unpaired) electrons. The standard InChI is InChI=1S/C16H21NO4/c1-3-21-16(20)12-6-8-17(9-7-12)15(19)13-4-5-14(18)11(2)10-13/h4-5,10,12,18H,3,6-9H2,1-2H3. The van der Waals surface area contributed by atoms with Crippen LogP contribution < -0.4 is 0 Å². The second kappa shape index (κ2) is 6.61.